The van der Waals surface area contributed by atoms with E-state index in [1.165, 1.54) is 20.9 Å². The van der Waals surface area contributed by atoms with E-state index in [9.17, 15) is 0 Å². The van der Waals surface area contributed by atoms with Gasteiger partial charge in [-0.05, 0) is 17.2 Å². The van der Waals surface area contributed by atoms with Crippen molar-refractivity contribution in [1.29, 1.82) is 0 Å². The van der Waals surface area contributed by atoms with Crippen LogP contribution in [0.25, 0.3) is 10.5 Å². The van der Waals surface area contributed by atoms with E-state index in [2.05, 4.69) is 42.5 Å². The second-order valence-corrected chi connectivity index (χ2v) is 6.75. The van der Waals surface area contributed by atoms with Crippen LogP contribution < -0.4 is 0 Å². The summed E-state index contributed by atoms with van der Waals surface area (Å²) in [6.07, 6.45) is 2.23. The van der Waals surface area contributed by atoms with E-state index in [1.807, 2.05) is 24.3 Å². The van der Waals surface area contributed by atoms with Crippen LogP contribution in [0.1, 0.15) is 11.1 Å². The summed E-state index contributed by atoms with van der Waals surface area (Å²) in [5, 5.41) is 1.78. The second kappa shape index (κ2) is 6.44. The van der Waals surface area contributed by atoms with Crippen LogP contribution in [-0.2, 0) is 0 Å². The van der Waals surface area contributed by atoms with Crippen molar-refractivity contribution in [3.63, 3.8) is 0 Å². The predicted octanol–water partition coefficient (Wildman–Crippen LogP) is 5.83. The maximum absolute atomic E-state index is 5.21. The van der Waals surface area contributed by atoms with Gasteiger partial charge in [-0.1, -0.05) is 94.5 Å². The molecule has 98 valence electrons. The lowest BCUT2D eigenvalue weighted by atomic mass is 10.1. The van der Waals surface area contributed by atoms with Crippen molar-refractivity contribution in [3.05, 3.63) is 82.8 Å². The fraction of sp³-hybridized carbons (Fsp3) is 0. The van der Waals surface area contributed by atoms with Crippen LogP contribution in [0.15, 0.2) is 71.6 Å². The standard InChI is InChI=1S/C17H12S3/c18-12-15(13-7-3-1-4-8-13)17-11-16(19-20-17)14-9-5-2-6-10-14/h1-12H. The molecule has 2 aromatic carbocycles. The SMILES string of the molecule is S=CC(=C1C=C(c2ccccc2)SS1)c1ccccc1. The molecule has 0 amide bonds. The molecule has 0 unspecified atom stereocenters. The van der Waals surface area contributed by atoms with Gasteiger partial charge in [-0.25, -0.2) is 0 Å². The summed E-state index contributed by atoms with van der Waals surface area (Å²) in [4.78, 5) is 2.52. The summed E-state index contributed by atoms with van der Waals surface area (Å²) >= 11 is 5.21. The van der Waals surface area contributed by atoms with Gasteiger partial charge in [-0.3, -0.25) is 0 Å². The summed E-state index contributed by atoms with van der Waals surface area (Å²) in [7, 11) is 3.57. The average Bonchev–Trinajstić information content (AvgIpc) is 3.00. The van der Waals surface area contributed by atoms with Gasteiger partial charge in [0.05, 0.1) is 0 Å². The van der Waals surface area contributed by atoms with Crippen molar-refractivity contribution in [2.45, 2.75) is 0 Å². The minimum absolute atomic E-state index is 1.13. The molecule has 1 aliphatic heterocycles. The molecule has 20 heavy (non-hydrogen) atoms. The summed E-state index contributed by atoms with van der Waals surface area (Å²) in [6.45, 7) is 0. The largest absolute Gasteiger partial charge is 0.0880 e. The van der Waals surface area contributed by atoms with E-state index < -0.39 is 0 Å². The first-order valence-corrected chi connectivity index (χ1v) is 8.87. The molecule has 1 heterocycles. The highest BCUT2D eigenvalue weighted by Gasteiger charge is 2.16. The van der Waals surface area contributed by atoms with Crippen molar-refractivity contribution in [2.24, 2.45) is 0 Å². The number of allylic oxidation sites excluding steroid dienone is 2. The summed E-state index contributed by atoms with van der Waals surface area (Å²) in [6, 6.07) is 20.8. The van der Waals surface area contributed by atoms with Crippen LogP contribution >= 0.6 is 33.8 Å². The van der Waals surface area contributed by atoms with Gasteiger partial charge in [0.1, 0.15) is 0 Å². The Bertz CT molecular complexity index is 670. The van der Waals surface area contributed by atoms with Crippen LogP contribution in [0.2, 0.25) is 0 Å². The average molecular weight is 312 g/mol. The molecule has 0 spiro atoms. The molecule has 0 bridgehead atoms. The minimum Gasteiger partial charge on any atom is -0.0880 e. The zero-order valence-corrected chi connectivity index (χ0v) is 13.1. The van der Waals surface area contributed by atoms with Crippen molar-refractivity contribution in [2.75, 3.05) is 0 Å². The highest BCUT2D eigenvalue weighted by molar-refractivity contribution is 8.82. The molecule has 2 aromatic rings. The lowest BCUT2D eigenvalue weighted by Crippen LogP contribution is -1.86. The molecular formula is C17H12S3. The summed E-state index contributed by atoms with van der Waals surface area (Å²) in [5.74, 6) is 0. The van der Waals surface area contributed by atoms with Crippen molar-refractivity contribution in [1.82, 2.24) is 0 Å². The molecule has 0 N–H and O–H groups in total. The van der Waals surface area contributed by atoms with Crippen LogP contribution in [0.3, 0.4) is 0 Å². The second-order valence-electron chi connectivity index (χ2n) is 4.30. The van der Waals surface area contributed by atoms with Crippen LogP contribution in [0, 0.1) is 0 Å². The first kappa shape index (κ1) is 13.7. The zero-order chi connectivity index (χ0) is 13.8. The Morgan fingerprint density at radius 3 is 2.15 bits per heavy atom. The Kier molecular flexibility index (Phi) is 4.41. The molecule has 3 rings (SSSR count). The van der Waals surface area contributed by atoms with E-state index in [4.69, 9.17) is 12.2 Å². The summed E-state index contributed by atoms with van der Waals surface area (Å²) < 4.78 is 0. The highest BCUT2D eigenvalue weighted by atomic mass is 33.1. The zero-order valence-electron chi connectivity index (χ0n) is 10.7. The maximum atomic E-state index is 5.21. The molecule has 0 atom stereocenters. The van der Waals surface area contributed by atoms with Gasteiger partial charge in [0, 0.05) is 20.8 Å². The highest BCUT2D eigenvalue weighted by Crippen LogP contribution is 2.51. The first-order chi connectivity index (χ1) is 9.88. The first-order valence-electron chi connectivity index (χ1n) is 6.25. The fourth-order valence-electron chi connectivity index (χ4n) is 2.00. The number of benzene rings is 2. The molecule has 0 radical (unpaired) electrons. The van der Waals surface area contributed by atoms with Crippen LogP contribution in [-0.4, -0.2) is 5.37 Å². The van der Waals surface area contributed by atoms with Crippen LogP contribution in [0.4, 0.5) is 0 Å². The predicted molar refractivity (Wildman–Crippen MR) is 96.6 cm³/mol. The molecule has 0 nitrogen and oxygen atoms in total. The van der Waals surface area contributed by atoms with E-state index in [0.29, 0.717) is 0 Å². The van der Waals surface area contributed by atoms with E-state index in [1.54, 1.807) is 27.0 Å². The Labute approximate surface area is 132 Å². The van der Waals surface area contributed by atoms with E-state index >= 15 is 0 Å². The Hall–Kier alpha value is -1.29. The third-order valence-electron chi connectivity index (χ3n) is 3.01. The molecule has 0 aromatic heterocycles. The van der Waals surface area contributed by atoms with Crippen molar-refractivity contribution in [3.8, 4) is 0 Å². The lowest BCUT2D eigenvalue weighted by Gasteiger charge is -2.03. The van der Waals surface area contributed by atoms with Crippen molar-refractivity contribution < 1.29 is 0 Å². The molecule has 0 aliphatic carbocycles. The van der Waals surface area contributed by atoms with Gasteiger partial charge >= 0.3 is 0 Å². The number of hydrogen-bond donors (Lipinski definition) is 0. The Morgan fingerprint density at radius 2 is 1.50 bits per heavy atom. The Morgan fingerprint density at radius 1 is 0.850 bits per heavy atom. The Balaban J connectivity index is 2.00. The molecular weight excluding hydrogens is 300 g/mol. The normalized spacial score (nSPS) is 16.7. The minimum atomic E-state index is 1.13. The maximum Gasteiger partial charge on any atom is 0.0284 e. The van der Waals surface area contributed by atoms with Crippen molar-refractivity contribution >= 4 is 49.7 Å². The van der Waals surface area contributed by atoms with Gasteiger partial charge in [0.25, 0.3) is 0 Å². The number of rotatable bonds is 3. The molecule has 3 heteroatoms. The van der Waals surface area contributed by atoms with Gasteiger partial charge in [-0.15, -0.1) is 0 Å². The molecule has 1 aliphatic rings. The fourth-order valence-corrected chi connectivity index (χ4v) is 4.81. The topological polar surface area (TPSA) is 0 Å². The molecule has 0 saturated carbocycles. The van der Waals surface area contributed by atoms with E-state index in [0.717, 1.165) is 5.57 Å². The van der Waals surface area contributed by atoms with Gasteiger partial charge < -0.3 is 0 Å². The quantitative estimate of drug-likeness (QED) is 0.397. The van der Waals surface area contributed by atoms with Crippen LogP contribution in [0.5, 0.6) is 0 Å². The van der Waals surface area contributed by atoms with E-state index in [-0.39, 0.29) is 0 Å². The lowest BCUT2D eigenvalue weighted by molar-refractivity contribution is 1.63. The van der Waals surface area contributed by atoms with Gasteiger partial charge in [0.2, 0.25) is 0 Å². The molecule has 0 saturated heterocycles. The monoisotopic (exact) mass is 312 g/mol. The van der Waals surface area contributed by atoms with Gasteiger partial charge in [-0.2, -0.15) is 0 Å². The third-order valence-corrected chi connectivity index (χ3v) is 5.71. The number of thiocarbonyl (C=S) groups is 1. The smallest absolute Gasteiger partial charge is 0.0284 e. The summed E-state index contributed by atoms with van der Waals surface area (Å²) in [5.41, 5.74) is 3.57. The van der Waals surface area contributed by atoms with Gasteiger partial charge in [0.15, 0.2) is 0 Å². The molecule has 0 fully saturated rings. The third kappa shape index (κ3) is 2.90. The number of hydrogen-bond acceptors (Lipinski definition) is 3.